The van der Waals surface area contributed by atoms with Gasteiger partial charge in [-0.1, -0.05) is 35.4 Å². The molecule has 176 valence electrons. The number of rotatable bonds is 6. The summed E-state index contributed by atoms with van der Waals surface area (Å²) in [5.41, 5.74) is 3.87. The van der Waals surface area contributed by atoms with Gasteiger partial charge in [-0.15, -0.1) is 0 Å². The van der Waals surface area contributed by atoms with Crippen LogP contribution in [0.3, 0.4) is 0 Å². The molecule has 2 amide bonds. The highest BCUT2D eigenvalue weighted by atomic mass is 16.2. The number of nitrogens with one attached hydrogen (secondary N) is 2. The van der Waals surface area contributed by atoms with Gasteiger partial charge in [0, 0.05) is 23.2 Å². The smallest absolute Gasteiger partial charge is 0.251 e. The van der Waals surface area contributed by atoms with Crippen molar-refractivity contribution >= 4 is 11.8 Å². The molecule has 0 spiro atoms. The average molecular weight is 447 g/mol. The third-order valence-electron chi connectivity index (χ3n) is 7.66. The minimum absolute atomic E-state index is 0.0597. The molecule has 2 saturated carbocycles. The van der Waals surface area contributed by atoms with E-state index in [2.05, 4.69) is 10.6 Å². The lowest BCUT2D eigenvalue weighted by Gasteiger charge is -2.34. The summed E-state index contributed by atoms with van der Waals surface area (Å²) in [5, 5.41) is 6.48. The summed E-state index contributed by atoms with van der Waals surface area (Å²) in [6.07, 6.45) is 10.5. The first-order chi connectivity index (χ1) is 16.0. The van der Waals surface area contributed by atoms with Crippen molar-refractivity contribution in [1.82, 2.24) is 10.6 Å². The first-order valence-electron chi connectivity index (χ1n) is 12.7. The molecule has 0 bridgehead atoms. The van der Waals surface area contributed by atoms with Crippen molar-refractivity contribution in [2.45, 2.75) is 83.7 Å². The van der Waals surface area contributed by atoms with Crippen LogP contribution in [-0.2, 0) is 0 Å². The van der Waals surface area contributed by atoms with Gasteiger partial charge >= 0.3 is 0 Å². The molecule has 2 aromatic carbocycles. The molecule has 2 aromatic rings. The zero-order valence-electron chi connectivity index (χ0n) is 20.1. The van der Waals surface area contributed by atoms with Gasteiger partial charge in [0.1, 0.15) is 0 Å². The molecule has 0 heterocycles. The Balaban J connectivity index is 1.14. The van der Waals surface area contributed by atoms with Crippen molar-refractivity contribution in [1.29, 1.82) is 0 Å². The topological polar surface area (TPSA) is 58.2 Å². The van der Waals surface area contributed by atoms with Crippen LogP contribution < -0.4 is 10.6 Å². The van der Waals surface area contributed by atoms with Crippen molar-refractivity contribution in [2.75, 3.05) is 0 Å². The molecule has 33 heavy (non-hydrogen) atoms. The van der Waals surface area contributed by atoms with E-state index in [1.165, 1.54) is 43.2 Å². The number of hydrogen-bond acceptors (Lipinski definition) is 2. The van der Waals surface area contributed by atoms with Crippen LogP contribution in [0.4, 0.5) is 0 Å². The van der Waals surface area contributed by atoms with Crippen molar-refractivity contribution in [3.8, 4) is 0 Å². The minimum Gasteiger partial charge on any atom is -0.349 e. The summed E-state index contributed by atoms with van der Waals surface area (Å²) in [6.45, 7) is 4.08. The molecule has 0 unspecified atom stereocenters. The van der Waals surface area contributed by atoms with E-state index in [4.69, 9.17) is 0 Å². The average Bonchev–Trinajstić information content (AvgIpc) is 2.82. The van der Waals surface area contributed by atoms with Crippen molar-refractivity contribution in [2.24, 2.45) is 11.8 Å². The van der Waals surface area contributed by atoms with Crippen molar-refractivity contribution in [3.63, 3.8) is 0 Å². The maximum atomic E-state index is 12.5. The van der Waals surface area contributed by atoms with Crippen molar-refractivity contribution in [3.05, 3.63) is 70.8 Å². The summed E-state index contributed by atoms with van der Waals surface area (Å²) in [7, 11) is 0. The molecule has 4 rings (SSSR count). The number of aryl methyl sites for hydroxylation is 2. The molecule has 4 nitrogen and oxygen atoms in total. The van der Waals surface area contributed by atoms with E-state index in [1.54, 1.807) is 0 Å². The standard InChI is InChI=1S/C29H38N2O2/c1-20-3-11-24(12-4-20)28(32)30-26-15-7-22(8-16-26)19-23-9-17-27(18-10-23)31-29(33)25-13-5-21(2)6-14-25/h3-6,11-14,22-23,26-27H,7-10,15-19H2,1-2H3,(H,30,32)(H,31,33). The van der Waals surface area contributed by atoms with Gasteiger partial charge in [-0.05, 0) is 108 Å². The monoisotopic (exact) mass is 446 g/mol. The van der Waals surface area contributed by atoms with Crippen LogP contribution in [0.5, 0.6) is 0 Å². The highest BCUT2D eigenvalue weighted by molar-refractivity contribution is 5.94. The van der Waals surface area contributed by atoms with Gasteiger partial charge in [0.15, 0.2) is 0 Å². The van der Waals surface area contributed by atoms with Crippen LogP contribution in [0, 0.1) is 25.7 Å². The molecule has 2 fully saturated rings. The lowest BCUT2D eigenvalue weighted by molar-refractivity contribution is 0.0917. The van der Waals surface area contributed by atoms with E-state index >= 15 is 0 Å². The second kappa shape index (κ2) is 11.0. The highest BCUT2D eigenvalue weighted by Gasteiger charge is 2.28. The molecule has 0 aliphatic heterocycles. The molecule has 2 aliphatic carbocycles. The molecule has 0 atom stereocenters. The Bertz CT molecular complexity index is 842. The Morgan fingerprint density at radius 3 is 1.27 bits per heavy atom. The first kappa shape index (κ1) is 23.5. The Kier molecular flexibility index (Phi) is 7.85. The third kappa shape index (κ3) is 6.69. The summed E-state index contributed by atoms with van der Waals surface area (Å²) in [4.78, 5) is 25.0. The van der Waals surface area contributed by atoms with Gasteiger partial charge < -0.3 is 10.6 Å². The Morgan fingerprint density at radius 2 is 0.939 bits per heavy atom. The molecular weight excluding hydrogens is 408 g/mol. The maximum absolute atomic E-state index is 12.5. The Hall–Kier alpha value is -2.62. The van der Waals surface area contributed by atoms with E-state index in [0.717, 1.165) is 48.6 Å². The molecule has 0 aromatic heterocycles. The molecule has 0 radical (unpaired) electrons. The fourth-order valence-electron chi connectivity index (χ4n) is 5.50. The van der Waals surface area contributed by atoms with Gasteiger partial charge in [-0.2, -0.15) is 0 Å². The normalized spacial score (nSPS) is 25.3. The number of hydrogen-bond donors (Lipinski definition) is 2. The molecule has 2 N–H and O–H groups in total. The van der Waals surface area contributed by atoms with E-state index in [0.29, 0.717) is 12.1 Å². The van der Waals surface area contributed by atoms with Gasteiger partial charge in [-0.3, -0.25) is 9.59 Å². The van der Waals surface area contributed by atoms with Crippen LogP contribution >= 0.6 is 0 Å². The minimum atomic E-state index is 0.0597. The summed E-state index contributed by atoms with van der Waals surface area (Å²) in [5.74, 6) is 1.68. The number of amides is 2. The lowest BCUT2D eigenvalue weighted by atomic mass is 9.75. The first-order valence-corrected chi connectivity index (χ1v) is 12.7. The van der Waals surface area contributed by atoms with Crippen molar-refractivity contribution < 1.29 is 9.59 Å². The van der Waals surface area contributed by atoms with Gasteiger partial charge in [0.05, 0.1) is 0 Å². The summed E-state index contributed by atoms with van der Waals surface area (Å²) >= 11 is 0. The van der Waals surface area contributed by atoms with Crippen LogP contribution in [0.1, 0.15) is 89.6 Å². The molecule has 2 aliphatic rings. The fraction of sp³-hybridized carbons (Fsp3) is 0.517. The summed E-state index contributed by atoms with van der Waals surface area (Å²) < 4.78 is 0. The lowest BCUT2D eigenvalue weighted by Crippen LogP contribution is -2.39. The van der Waals surface area contributed by atoms with Crippen LogP contribution in [0.25, 0.3) is 0 Å². The largest absolute Gasteiger partial charge is 0.349 e. The zero-order valence-corrected chi connectivity index (χ0v) is 20.1. The zero-order chi connectivity index (χ0) is 23.2. The quantitative estimate of drug-likeness (QED) is 0.574. The summed E-state index contributed by atoms with van der Waals surface area (Å²) in [6, 6.07) is 16.2. The number of benzene rings is 2. The number of carbonyl (C=O) groups is 2. The van der Waals surface area contributed by atoms with Gasteiger partial charge in [-0.25, -0.2) is 0 Å². The van der Waals surface area contributed by atoms with E-state index < -0.39 is 0 Å². The van der Waals surface area contributed by atoms with Crippen LogP contribution in [-0.4, -0.2) is 23.9 Å². The van der Waals surface area contributed by atoms with Crippen LogP contribution in [0.15, 0.2) is 48.5 Å². The second-order valence-corrected chi connectivity index (χ2v) is 10.3. The van der Waals surface area contributed by atoms with Crippen LogP contribution in [0.2, 0.25) is 0 Å². The van der Waals surface area contributed by atoms with E-state index in [-0.39, 0.29) is 11.8 Å². The van der Waals surface area contributed by atoms with Gasteiger partial charge in [0.2, 0.25) is 0 Å². The fourth-order valence-corrected chi connectivity index (χ4v) is 5.50. The predicted octanol–water partition coefficient (Wildman–Crippen LogP) is 5.97. The maximum Gasteiger partial charge on any atom is 0.251 e. The highest BCUT2D eigenvalue weighted by Crippen LogP contribution is 2.35. The molecule has 0 saturated heterocycles. The molecule has 4 heteroatoms. The van der Waals surface area contributed by atoms with E-state index in [1.807, 2.05) is 62.4 Å². The molecular formula is C29H38N2O2. The van der Waals surface area contributed by atoms with E-state index in [9.17, 15) is 9.59 Å². The van der Waals surface area contributed by atoms with Gasteiger partial charge in [0.25, 0.3) is 11.8 Å². The SMILES string of the molecule is Cc1ccc(C(=O)NC2CCC(CC3CCC(NC(=O)c4ccc(C)cc4)CC3)CC2)cc1. The third-order valence-corrected chi connectivity index (χ3v) is 7.66. The Morgan fingerprint density at radius 1 is 0.606 bits per heavy atom. The Labute approximate surface area is 198 Å². The predicted molar refractivity (Wildman–Crippen MR) is 133 cm³/mol. The second-order valence-electron chi connectivity index (χ2n) is 10.3. The number of carbonyl (C=O) groups excluding carboxylic acids is 2.